The molecule has 2 heterocycles. The third-order valence-electron chi connectivity index (χ3n) is 4.45. The van der Waals surface area contributed by atoms with Gasteiger partial charge < -0.3 is 10.2 Å². The van der Waals surface area contributed by atoms with Crippen molar-refractivity contribution in [2.45, 2.75) is 79.7 Å². The van der Waals surface area contributed by atoms with Crippen LogP contribution in [0, 0.1) is 11.8 Å². The van der Waals surface area contributed by atoms with Gasteiger partial charge in [-0.15, -0.1) is 0 Å². The number of hydrogen-bond donors (Lipinski definition) is 1. The average Bonchev–Trinajstić information content (AvgIpc) is 2.51. The van der Waals surface area contributed by atoms with Gasteiger partial charge in [0.15, 0.2) is 0 Å². The van der Waals surface area contributed by atoms with Crippen molar-refractivity contribution in [3.05, 3.63) is 0 Å². The molecule has 0 unspecified atom stereocenters. The molecule has 1 N–H and O–H groups in total. The van der Waals surface area contributed by atoms with Gasteiger partial charge >= 0.3 is 0 Å². The number of piperidine rings is 2. The van der Waals surface area contributed by atoms with Gasteiger partial charge in [0.05, 0.1) is 0 Å². The summed E-state index contributed by atoms with van der Waals surface area (Å²) in [6.45, 7) is 18.4. The Morgan fingerprint density at radius 2 is 1.35 bits per heavy atom. The van der Waals surface area contributed by atoms with Crippen molar-refractivity contribution in [1.82, 2.24) is 10.2 Å². The Morgan fingerprint density at radius 3 is 1.65 bits per heavy atom. The van der Waals surface area contributed by atoms with E-state index in [1.807, 2.05) is 13.8 Å². The second-order valence-corrected chi connectivity index (χ2v) is 6.52. The zero-order chi connectivity index (χ0) is 15.4. The Labute approximate surface area is 128 Å². The smallest absolute Gasteiger partial charge is 0.00385 e. The molecule has 2 aliphatic heterocycles. The molecular weight excluding hydrogens is 244 g/mol. The molecule has 2 fully saturated rings. The van der Waals surface area contributed by atoms with Gasteiger partial charge in [0.1, 0.15) is 0 Å². The van der Waals surface area contributed by atoms with Crippen LogP contribution in [0.2, 0.25) is 0 Å². The molecule has 0 aliphatic carbocycles. The third-order valence-corrected chi connectivity index (χ3v) is 4.45. The van der Waals surface area contributed by atoms with Crippen LogP contribution < -0.4 is 5.32 Å². The Kier molecular flexibility index (Phi) is 12.6. The SMILES string of the molecule is CC.CC(C)C1CCNCC1.CC(C)N1CCCCC1. The van der Waals surface area contributed by atoms with Crippen molar-refractivity contribution in [3.63, 3.8) is 0 Å². The van der Waals surface area contributed by atoms with Gasteiger partial charge in [0, 0.05) is 6.04 Å². The fraction of sp³-hybridized carbons (Fsp3) is 1.00. The van der Waals surface area contributed by atoms with Crippen LogP contribution in [0.5, 0.6) is 0 Å². The zero-order valence-electron chi connectivity index (χ0n) is 15.0. The van der Waals surface area contributed by atoms with E-state index in [1.54, 1.807) is 0 Å². The van der Waals surface area contributed by atoms with Crippen LogP contribution in [0.25, 0.3) is 0 Å². The molecule has 2 nitrogen and oxygen atoms in total. The second-order valence-electron chi connectivity index (χ2n) is 6.52. The van der Waals surface area contributed by atoms with E-state index in [1.165, 1.54) is 58.3 Å². The van der Waals surface area contributed by atoms with Gasteiger partial charge in [-0.3, -0.25) is 0 Å². The van der Waals surface area contributed by atoms with Crippen molar-refractivity contribution in [2.24, 2.45) is 11.8 Å². The zero-order valence-corrected chi connectivity index (χ0v) is 15.0. The molecule has 2 rings (SSSR count). The molecule has 0 aromatic carbocycles. The molecule has 2 saturated heterocycles. The maximum absolute atomic E-state index is 3.37. The van der Waals surface area contributed by atoms with E-state index in [-0.39, 0.29) is 0 Å². The average molecular weight is 285 g/mol. The number of hydrogen-bond acceptors (Lipinski definition) is 2. The van der Waals surface area contributed by atoms with E-state index >= 15 is 0 Å². The van der Waals surface area contributed by atoms with E-state index in [0.29, 0.717) is 0 Å². The number of likely N-dealkylation sites (tertiary alicyclic amines) is 1. The van der Waals surface area contributed by atoms with E-state index in [9.17, 15) is 0 Å². The first-order chi connectivity index (χ1) is 9.61. The van der Waals surface area contributed by atoms with Crippen molar-refractivity contribution >= 4 is 0 Å². The highest BCUT2D eigenvalue weighted by Crippen LogP contribution is 2.20. The van der Waals surface area contributed by atoms with E-state index in [4.69, 9.17) is 0 Å². The van der Waals surface area contributed by atoms with Crippen LogP contribution >= 0.6 is 0 Å². The fourth-order valence-corrected chi connectivity index (χ4v) is 2.95. The van der Waals surface area contributed by atoms with Gasteiger partial charge in [-0.1, -0.05) is 34.1 Å². The quantitative estimate of drug-likeness (QED) is 0.800. The topological polar surface area (TPSA) is 15.3 Å². The lowest BCUT2D eigenvalue weighted by molar-refractivity contribution is 0.185. The Bertz CT molecular complexity index is 168. The van der Waals surface area contributed by atoms with Crippen LogP contribution in [-0.2, 0) is 0 Å². The Morgan fingerprint density at radius 1 is 0.850 bits per heavy atom. The molecule has 0 atom stereocenters. The van der Waals surface area contributed by atoms with Crippen LogP contribution in [0.4, 0.5) is 0 Å². The normalized spacial score (nSPS) is 21.0. The van der Waals surface area contributed by atoms with Gasteiger partial charge in [-0.2, -0.15) is 0 Å². The predicted octanol–water partition coefficient (Wildman–Crippen LogP) is 4.55. The predicted molar refractivity (Wildman–Crippen MR) is 92.3 cm³/mol. The first-order valence-corrected chi connectivity index (χ1v) is 9.06. The lowest BCUT2D eigenvalue weighted by atomic mass is 9.87. The molecule has 0 amide bonds. The fourth-order valence-electron chi connectivity index (χ4n) is 2.95. The van der Waals surface area contributed by atoms with Crippen molar-refractivity contribution < 1.29 is 0 Å². The van der Waals surface area contributed by atoms with Crippen molar-refractivity contribution in [1.29, 1.82) is 0 Å². The largest absolute Gasteiger partial charge is 0.317 e. The molecule has 0 spiro atoms. The summed E-state index contributed by atoms with van der Waals surface area (Å²) in [6, 6.07) is 0.769. The third kappa shape index (κ3) is 8.97. The van der Waals surface area contributed by atoms with Crippen LogP contribution in [0.1, 0.15) is 73.6 Å². The first-order valence-electron chi connectivity index (χ1n) is 9.06. The minimum atomic E-state index is 0.769. The van der Waals surface area contributed by atoms with Gasteiger partial charge in [0.25, 0.3) is 0 Å². The standard InChI is InChI=1S/2C8H17N.C2H6/c1-7(2)8-3-5-9-6-4-8;1-8(2)9-6-4-3-5-7-9;1-2/h7-9H,3-6H2,1-2H3;8H,3-7H2,1-2H3;1-2H3. The Hall–Kier alpha value is -0.0800. The maximum Gasteiger partial charge on any atom is 0.00385 e. The molecule has 2 aliphatic rings. The van der Waals surface area contributed by atoms with E-state index < -0.39 is 0 Å². The highest BCUT2D eigenvalue weighted by atomic mass is 15.1. The van der Waals surface area contributed by atoms with Crippen molar-refractivity contribution in [2.75, 3.05) is 26.2 Å². The molecule has 0 bridgehead atoms. The minimum Gasteiger partial charge on any atom is -0.317 e. The highest BCUT2D eigenvalue weighted by molar-refractivity contribution is 4.70. The second kappa shape index (κ2) is 12.6. The lowest BCUT2D eigenvalue weighted by Crippen LogP contribution is -2.35. The molecule has 0 aromatic heterocycles. The summed E-state index contributed by atoms with van der Waals surface area (Å²) in [7, 11) is 0. The molecule has 20 heavy (non-hydrogen) atoms. The molecule has 0 radical (unpaired) electrons. The summed E-state index contributed by atoms with van der Waals surface area (Å²) < 4.78 is 0. The molecular formula is C18H40N2. The summed E-state index contributed by atoms with van der Waals surface area (Å²) in [5.74, 6) is 1.89. The summed E-state index contributed by atoms with van der Waals surface area (Å²) in [5.41, 5.74) is 0. The van der Waals surface area contributed by atoms with Crippen LogP contribution in [0.15, 0.2) is 0 Å². The Balaban J connectivity index is 0.000000321. The van der Waals surface area contributed by atoms with E-state index in [2.05, 4.69) is 37.9 Å². The van der Waals surface area contributed by atoms with Gasteiger partial charge in [-0.25, -0.2) is 0 Å². The van der Waals surface area contributed by atoms with Gasteiger partial charge in [0.2, 0.25) is 0 Å². The number of nitrogens with one attached hydrogen (secondary N) is 1. The minimum absolute atomic E-state index is 0.769. The van der Waals surface area contributed by atoms with Crippen LogP contribution in [0.3, 0.4) is 0 Å². The van der Waals surface area contributed by atoms with Crippen LogP contribution in [-0.4, -0.2) is 37.1 Å². The first kappa shape index (κ1) is 19.9. The molecule has 0 aromatic rings. The molecule has 122 valence electrons. The monoisotopic (exact) mass is 284 g/mol. The van der Waals surface area contributed by atoms with Gasteiger partial charge in [-0.05, 0) is 77.5 Å². The van der Waals surface area contributed by atoms with Crippen molar-refractivity contribution in [3.8, 4) is 0 Å². The number of nitrogens with zero attached hydrogens (tertiary/aromatic N) is 1. The molecule has 2 heteroatoms. The van der Waals surface area contributed by atoms with E-state index in [0.717, 1.165) is 17.9 Å². The lowest BCUT2D eigenvalue weighted by Gasteiger charge is -2.29. The summed E-state index contributed by atoms with van der Waals surface area (Å²) in [5, 5.41) is 3.37. The highest BCUT2D eigenvalue weighted by Gasteiger charge is 2.15. The summed E-state index contributed by atoms with van der Waals surface area (Å²) >= 11 is 0. The summed E-state index contributed by atoms with van der Waals surface area (Å²) in [6.07, 6.45) is 7.05. The number of rotatable bonds is 2. The maximum atomic E-state index is 3.37. The molecule has 0 saturated carbocycles. The summed E-state index contributed by atoms with van der Waals surface area (Å²) in [4.78, 5) is 2.56.